The van der Waals surface area contributed by atoms with Crippen LogP contribution in [0.4, 0.5) is 5.69 Å². The van der Waals surface area contributed by atoms with E-state index < -0.39 is 23.9 Å². The molecule has 1 rings (SSSR count). The summed E-state index contributed by atoms with van der Waals surface area (Å²) in [5, 5.41) is 19.8. The summed E-state index contributed by atoms with van der Waals surface area (Å²) in [5.74, 6) is -2.83. The summed E-state index contributed by atoms with van der Waals surface area (Å²) < 4.78 is 0. The Morgan fingerprint density at radius 2 is 1.84 bits per heavy atom. The van der Waals surface area contributed by atoms with Crippen molar-refractivity contribution in [2.75, 3.05) is 5.32 Å². The van der Waals surface area contributed by atoms with Crippen LogP contribution in [-0.4, -0.2) is 34.1 Å². The molecule has 1 amide bonds. The van der Waals surface area contributed by atoms with E-state index in [-0.39, 0.29) is 24.1 Å². The van der Waals surface area contributed by atoms with Crippen LogP contribution in [-0.2, 0) is 9.59 Å². The van der Waals surface area contributed by atoms with Gasteiger partial charge in [-0.05, 0) is 18.6 Å². The molecule has 1 atom stereocenters. The van der Waals surface area contributed by atoms with Crippen molar-refractivity contribution in [1.82, 2.24) is 0 Å². The molecule has 19 heavy (non-hydrogen) atoms. The fraction of sp³-hybridized carbons (Fsp3) is 0.250. The van der Waals surface area contributed by atoms with Gasteiger partial charge in [-0.15, -0.1) is 0 Å². The molecule has 1 aromatic rings. The van der Waals surface area contributed by atoms with Crippen molar-refractivity contribution >= 4 is 23.5 Å². The Morgan fingerprint density at radius 3 is 2.42 bits per heavy atom. The molecule has 0 heterocycles. The van der Waals surface area contributed by atoms with E-state index in [1.165, 1.54) is 18.2 Å². The lowest BCUT2D eigenvalue weighted by molar-refractivity contribution is -0.137. The van der Waals surface area contributed by atoms with Gasteiger partial charge in [-0.25, -0.2) is 4.79 Å². The van der Waals surface area contributed by atoms with Gasteiger partial charge in [0.1, 0.15) is 0 Å². The second-order valence-electron chi connectivity index (χ2n) is 3.88. The monoisotopic (exact) mass is 266 g/mol. The van der Waals surface area contributed by atoms with Crippen LogP contribution in [0.2, 0.25) is 0 Å². The summed E-state index contributed by atoms with van der Waals surface area (Å²) in [4.78, 5) is 33.0. The zero-order valence-electron chi connectivity index (χ0n) is 10.00. The quantitative estimate of drug-likeness (QED) is 0.593. The van der Waals surface area contributed by atoms with E-state index in [4.69, 9.17) is 15.9 Å². The number of nitrogens with one attached hydrogen (secondary N) is 1. The number of para-hydroxylation sites is 1. The number of benzene rings is 1. The Morgan fingerprint density at radius 1 is 1.21 bits per heavy atom. The Kier molecular flexibility index (Phi) is 5.01. The lowest BCUT2D eigenvalue weighted by atomic mass is 10.1. The van der Waals surface area contributed by atoms with Gasteiger partial charge in [0.15, 0.2) is 0 Å². The number of anilines is 1. The number of hydrogen-bond acceptors (Lipinski definition) is 4. The SMILES string of the molecule is N[C@@H](CCC(=O)O)C(=O)Nc1ccccc1C(=O)O. The van der Waals surface area contributed by atoms with Crippen molar-refractivity contribution in [1.29, 1.82) is 0 Å². The summed E-state index contributed by atoms with van der Waals surface area (Å²) in [6.45, 7) is 0. The Hall–Kier alpha value is -2.41. The van der Waals surface area contributed by atoms with E-state index in [9.17, 15) is 14.4 Å². The fourth-order valence-corrected chi connectivity index (χ4v) is 1.41. The first-order chi connectivity index (χ1) is 8.91. The van der Waals surface area contributed by atoms with Gasteiger partial charge >= 0.3 is 11.9 Å². The van der Waals surface area contributed by atoms with Gasteiger partial charge in [0, 0.05) is 6.42 Å². The molecule has 0 spiro atoms. The van der Waals surface area contributed by atoms with Crippen LogP contribution in [0.25, 0.3) is 0 Å². The first-order valence-electron chi connectivity index (χ1n) is 5.52. The number of aromatic carboxylic acids is 1. The minimum atomic E-state index is -1.17. The normalized spacial score (nSPS) is 11.6. The van der Waals surface area contributed by atoms with Crippen molar-refractivity contribution in [3.63, 3.8) is 0 Å². The number of rotatable bonds is 6. The maximum absolute atomic E-state index is 11.7. The molecule has 0 aliphatic heterocycles. The highest BCUT2D eigenvalue weighted by molar-refractivity contribution is 6.02. The van der Waals surface area contributed by atoms with Crippen molar-refractivity contribution < 1.29 is 24.6 Å². The van der Waals surface area contributed by atoms with E-state index >= 15 is 0 Å². The molecule has 0 fully saturated rings. The second-order valence-corrected chi connectivity index (χ2v) is 3.88. The van der Waals surface area contributed by atoms with E-state index in [0.717, 1.165) is 0 Å². The third kappa shape index (κ3) is 4.40. The molecule has 0 bridgehead atoms. The number of nitrogens with two attached hydrogens (primary N) is 1. The van der Waals surface area contributed by atoms with Crippen LogP contribution in [0.3, 0.4) is 0 Å². The number of carboxylic acid groups (broad SMARTS) is 2. The molecule has 0 saturated heterocycles. The Bertz CT molecular complexity index is 501. The van der Waals surface area contributed by atoms with Gasteiger partial charge in [0.25, 0.3) is 0 Å². The maximum atomic E-state index is 11.7. The van der Waals surface area contributed by atoms with Gasteiger partial charge in [-0.3, -0.25) is 9.59 Å². The average Bonchev–Trinajstić information content (AvgIpc) is 2.36. The lowest BCUT2D eigenvalue weighted by Crippen LogP contribution is -2.36. The number of carbonyl (C=O) groups is 3. The van der Waals surface area contributed by atoms with E-state index in [0.29, 0.717) is 0 Å². The van der Waals surface area contributed by atoms with E-state index in [2.05, 4.69) is 5.32 Å². The number of hydrogen-bond donors (Lipinski definition) is 4. The molecule has 1 aromatic carbocycles. The average molecular weight is 266 g/mol. The third-order valence-electron chi connectivity index (χ3n) is 2.42. The molecule has 0 radical (unpaired) electrons. The van der Waals surface area contributed by atoms with Gasteiger partial charge in [-0.1, -0.05) is 12.1 Å². The van der Waals surface area contributed by atoms with Gasteiger partial charge in [-0.2, -0.15) is 0 Å². The van der Waals surface area contributed by atoms with Crippen molar-refractivity contribution in [3.8, 4) is 0 Å². The summed E-state index contributed by atoms with van der Waals surface area (Å²) in [7, 11) is 0. The predicted octanol–water partition coefficient (Wildman–Crippen LogP) is 0.515. The minimum Gasteiger partial charge on any atom is -0.481 e. The molecule has 0 saturated carbocycles. The largest absolute Gasteiger partial charge is 0.481 e. The highest BCUT2D eigenvalue weighted by atomic mass is 16.4. The molecule has 7 heteroatoms. The van der Waals surface area contributed by atoms with Gasteiger partial charge in [0.05, 0.1) is 17.3 Å². The molecule has 5 N–H and O–H groups in total. The minimum absolute atomic E-state index is 0.0175. The topological polar surface area (TPSA) is 130 Å². The predicted molar refractivity (Wildman–Crippen MR) is 66.9 cm³/mol. The van der Waals surface area contributed by atoms with Crippen LogP contribution < -0.4 is 11.1 Å². The van der Waals surface area contributed by atoms with Crippen LogP contribution in [0.1, 0.15) is 23.2 Å². The fourth-order valence-electron chi connectivity index (χ4n) is 1.41. The molecule has 7 nitrogen and oxygen atoms in total. The molecular formula is C12H14N2O5. The van der Waals surface area contributed by atoms with Crippen molar-refractivity contribution in [3.05, 3.63) is 29.8 Å². The Balaban J connectivity index is 2.71. The lowest BCUT2D eigenvalue weighted by Gasteiger charge is -2.12. The molecule has 0 aliphatic rings. The number of amides is 1. The van der Waals surface area contributed by atoms with Crippen LogP contribution in [0, 0.1) is 0 Å². The van der Waals surface area contributed by atoms with Gasteiger partial charge in [0.2, 0.25) is 5.91 Å². The highest BCUT2D eigenvalue weighted by Gasteiger charge is 2.17. The van der Waals surface area contributed by atoms with Crippen LogP contribution in [0.5, 0.6) is 0 Å². The molecule has 102 valence electrons. The second kappa shape index (κ2) is 6.50. The molecule has 0 aromatic heterocycles. The summed E-state index contributed by atoms with van der Waals surface area (Å²) >= 11 is 0. The van der Waals surface area contributed by atoms with Gasteiger partial charge < -0.3 is 21.3 Å². The summed E-state index contributed by atoms with van der Waals surface area (Å²) in [5.41, 5.74) is 5.59. The number of carbonyl (C=O) groups excluding carboxylic acids is 1. The van der Waals surface area contributed by atoms with E-state index in [1.54, 1.807) is 6.07 Å². The first kappa shape index (κ1) is 14.7. The first-order valence-corrected chi connectivity index (χ1v) is 5.52. The number of carboxylic acids is 2. The standard InChI is InChI=1S/C12H14N2O5/c13-8(5-6-10(15)16)11(17)14-9-4-2-1-3-7(9)12(18)19/h1-4,8H,5-6,13H2,(H,14,17)(H,15,16)(H,18,19)/t8-/m0/s1. The third-order valence-corrected chi connectivity index (χ3v) is 2.42. The molecular weight excluding hydrogens is 252 g/mol. The summed E-state index contributed by atoms with van der Waals surface area (Å²) in [6, 6.07) is 4.89. The highest BCUT2D eigenvalue weighted by Crippen LogP contribution is 2.15. The Labute approximate surface area is 109 Å². The van der Waals surface area contributed by atoms with E-state index in [1.807, 2.05) is 0 Å². The molecule has 0 aliphatic carbocycles. The zero-order chi connectivity index (χ0) is 14.4. The van der Waals surface area contributed by atoms with Crippen molar-refractivity contribution in [2.45, 2.75) is 18.9 Å². The summed E-state index contributed by atoms with van der Waals surface area (Å²) in [6.07, 6.45) is -0.244. The maximum Gasteiger partial charge on any atom is 0.337 e. The van der Waals surface area contributed by atoms with Crippen LogP contribution in [0.15, 0.2) is 24.3 Å². The zero-order valence-corrected chi connectivity index (χ0v) is 10.00. The van der Waals surface area contributed by atoms with Crippen LogP contribution >= 0.6 is 0 Å². The molecule has 0 unspecified atom stereocenters. The number of aliphatic carboxylic acids is 1. The smallest absolute Gasteiger partial charge is 0.337 e. The van der Waals surface area contributed by atoms with Crippen molar-refractivity contribution in [2.24, 2.45) is 5.73 Å².